The van der Waals surface area contributed by atoms with Gasteiger partial charge in [-0.25, -0.2) is 4.98 Å². The van der Waals surface area contributed by atoms with Crippen LogP contribution in [-0.4, -0.2) is 21.0 Å². The normalized spacial score (nSPS) is 11.4. The highest BCUT2D eigenvalue weighted by molar-refractivity contribution is 5.97. The highest BCUT2D eigenvalue weighted by Crippen LogP contribution is 2.21. The molecule has 1 heterocycles. The van der Waals surface area contributed by atoms with Crippen molar-refractivity contribution in [2.24, 2.45) is 12.8 Å². The zero-order chi connectivity index (χ0) is 14.0. The van der Waals surface area contributed by atoms with E-state index >= 15 is 0 Å². The third kappa shape index (κ3) is 3.00. The summed E-state index contributed by atoms with van der Waals surface area (Å²) in [6.07, 6.45) is 3.62. The van der Waals surface area contributed by atoms with E-state index in [9.17, 15) is 4.79 Å². The first-order valence-electron chi connectivity index (χ1n) is 6.06. The van der Waals surface area contributed by atoms with E-state index in [1.54, 1.807) is 20.0 Å². The number of imidazole rings is 1. The van der Waals surface area contributed by atoms with Crippen molar-refractivity contribution in [3.8, 4) is 11.4 Å². The van der Waals surface area contributed by atoms with E-state index in [2.05, 4.69) is 10.3 Å². The third-order valence-corrected chi connectivity index (χ3v) is 2.79. The fourth-order valence-electron chi connectivity index (χ4n) is 1.67. The Morgan fingerprint density at radius 1 is 1.42 bits per heavy atom. The van der Waals surface area contributed by atoms with Crippen LogP contribution in [0.2, 0.25) is 0 Å². The summed E-state index contributed by atoms with van der Waals surface area (Å²) < 4.78 is 1.92. The van der Waals surface area contributed by atoms with Crippen LogP contribution in [0.25, 0.3) is 11.4 Å². The molecule has 100 valence electrons. The lowest BCUT2D eigenvalue weighted by atomic mass is 10.1. The Kier molecular flexibility index (Phi) is 3.40. The molecule has 0 aliphatic carbocycles. The number of amides is 1. The van der Waals surface area contributed by atoms with E-state index in [1.165, 1.54) is 0 Å². The van der Waals surface area contributed by atoms with Crippen molar-refractivity contribution in [3.05, 3.63) is 36.7 Å². The molecule has 0 aliphatic heterocycles. The molecular formula is C14H18N4O. The van der Waals surface area contributed by atoms with Gasteiger partial charge < -0.3 is 15.6 Å². The van der Waals surface area contributed by atoms with E-state index in [0.29, 0.717) is 5.69 Å². The zero-order valence-corrected chi connectivity index (χ0v) is 11.3. The van der Waals surface area contributed by atoms with Crippen molar-refractivity contribution in [2.45, 2.75) is 19.4 Å². The van der Waals surface area contributed by atoms with Gasteiger partial charge >= 0.3 is 0 Å². The summed E-state index contributed by atoms with van der Waals surface area (Å²) in [5, 5.41) is 2.80. The van der Waals surface area contributed by atoms with Gasteiger partial charge in [0.2, 0.25) is 5.91 Å². The molecule has 1 aromatic carbocycles. The molecule has 0 spiro atoms. The van der Waals surface area contributed by atoms with Crippen LogP contribution in [0, 0.1) is 0 Å². The molecular weight excluding hydrogens is 240 g/mol. The van der Waals surface area contributed by atoms with Crippen LogP contribution in [0.15, 0.2) is 36.7 Å². The van der Waals surface area contributed by atoms with Gasteiger partial charge in [0.25, 0.3) is 0 Å². The van der Waals surface area contributed by atoms with E-state index in [1.807, 2.05) is 42.1 Å². The Hall–Kier alpha value is -2.14. The summed E-state index contributed by atoms with van der Waals surface area (Å²) in [7, 11) is 1.93. The van der Waals surface area contributed by atoms with Crippen LogP contribution in [0.1, 0.15) is 13.8 Å². The van der Waals surface area contributed by atoms with Crippen molar-refractivity contribution < 1.29 is 4.79 Å². The first-order valence-corrected chi connectivity index (χ1v) is 6.06. The molecule has 0 radical (unpaired) electrons. The molecule has 0 atom stereocenters. The SMILES string of the molecule is Cn1ccnc1-c1cccc(NC(=O)C(C)(C)N)c1. The standard InChI is InChI=1S/C14H18N4O/c1-14(2,15)13(19)17-11-6-4-5-10(9-11)12-16-7-8-18(12)3/h4-9H,15H2,1-3H3,(H,17,19). The molecule has 0 aliphatic rings. The molecule has 5 nitrogen and oxygen atoms in total. The summed E-state index contributed by atoms with van der Waals surface area (Å²) in [5.74, 6) is 0.632. The molecule has 0 unspecified atom stereocenters. The number of anilines is 1. The van der Waals surface area contributed by atoms with Crippen LogP contribution < -0.4 is 11.1 Å². The Morgan fingerprint density at radius 3 is 2.74 bits per heavy atom. The molecule has 1 amide bonds. The van der Waals surface area contributed by atoms with Gasteiger partial charge in [-0.1, -0.05) is 12.1 Å². The predicted octanol–water partition coefficient (Wildman–Crippen LogP) is 1.76. The van der Waals surface area contributed by atoms with Gasteiger partial charge in [0.1, 0.15) is 5.82 Å². The highest BCUT2D eigenvalue weighted by Gasteiger charge is 2.21. The van der Waals surface area contributed by atoms with Crippen molar-refractivity contribution >= 4 is 11.6 Å². The largest absolute Gasteiger partial charge is 0.334 e. The van der Waals surface area contributed by atoms with Crippen molar-refractivity contribution in [1.29, 1.82) is 0 Å². The topological polar surface area (TPSA) is 72.9 Å². The number of carbonyl (C=O) groups is 1. The van der Waals surface area contributed by atoms with E-state index in [0.717, 1.165) is 11.4 Å². The van der Waals surface area contributed by atoms with Crippen molar-refractivity contribution in [2.75, 3.05) is 5.32 Å². The molecule has 0 saturated heterocycles. The second-order valence-electron chi connectivity index (χ2n) is 5.12. The number of rotatable bonds is 3. The highest BCUT2D eigenvalue weighted by atomic mass is 16.2. The maximum atomic E-state index is 11.8. The minimum Gasteiger partial charge on any atom is -0.334 e. The Morgan fingerprint density at radius 2 is 2.16 bits per heavy atom. The molecule has 3 N–H and O–H groups in total. The molecule has 1 aromatic heterocycles. The maximum absolute atomic E-state index is 11.8. The quantitative estimate of drug-likeness (QED) is 0.881. The number of nitrogens with zero attached hydrogens (tertiary/aromatic N) is 2. The lowest BCUT2D eigenvalue weighted by molar-refractivity contribution is -0.120. The molecule has 2 rings (SSSR count). The van der Waals surface area contributed by atoms with Crippen LogP contribution in [-0.2, 0) is 11.8 Å². The average Bonchev–Trinajstić information content (AvgIpc) is 2.74. The summed E-state index contributed by atoms with van der Waals surface area (Å²) in [6.45, 7) is 3.34. The second-order valence-corrected chi connectivity index (χ2v) is 5.12. The zero-order valence-electron chi connectivity index (χ0n) is 11.3. The number of nitrogens with one attached hydrogen (secondary N) is 1. The van der Waals surface area contributed by atoms with Crippen molar-refractivity contribution in [3.63, 3.8) is 0 Å². The first kappa shape index (κ1) is 13.3. The molecule has 0 saturated carbocycles. The lowest BCUT2D eigenvalue weighted by Crippen LogP contribution is -2.45. The number of aryl methyl sites for hydroxylation is 1. The molecule has 0 fully saturated rings. The number of hydrogen-bond donors (Lipinski definition) is 2. The van der Waals surface area contributed by atoms with Crippen LogP contribution in [0.3, 0.4) is 0 Å². The Balaban J connectivity index is 2.26. The Labute approximate surface area is 112 Å². The predicted molar refractivity (Wildman–Crippen MR) is 75.5 cm³/mol. The smallest absolute Gasteiger partial charge is 0.243 e. The summed E-state index contributed by atoms with van der Waals surface area (Å²) in [6, 6.07) is 7.54. The average molecular weight is 258 g/mol. The number of hydrogen-bond acceptors (Lipinski definition) is 3. The van der Waals surface area contributed by atoms with Gasteiger partial charge in [-0.15, -0.1) is 0 Å². The number of nitrogens with two attached hydrogens (primary N) is 1. The van der Waals surface area contributed by atoms with Gasteiger partial charge in [0.05, 0.1) is 5.54 Å². The number of carbonyl (C=O) groups excluding carboxylic acids is 1. The van der Waals surface area contributed by atoms with Crippen LogP contribution in [0.4, 0.5) is 5.69 Å². The maximum Gasteiger partial charge on any atom is 0.243 e. The van der Waals surface area contributed by atoms with Crippen molar-refractivity contribution in [1.82, 2.24) is 9.55 Å². The van der Waals surface area contributed by atoms with E-state index < -0.39 is 5.54 Å². The fourth-order valence-corrected chi connectivity index (χ4v) is 1.67. The summed E-state index contributed by atoms with van der Waals surface area (Å²) in [4.78, 5) is 16.1. The molecule has 0 bridgehead atoms. The fraction of sp³-hybridized carbons (Fsp3) is 0.286. The van der Waals surface area contributed by atoms with Gasteiger partial charge in [-0.3, -0.25) is 4.79 Å². The molecule has 5 heteroatoms. The van der Waals surface area contributed by atoms with E-state index in [-0.39, 0.29) is 5.91 Å². The Bertz CT molecular complexity index is 595. The monoisotopic (exact) mass is 258 g/mol. The minimum atomic E-state index is -0.904. The lowest BCUT2D eigenvalue weighted by Gasteiger charge is -2.18. The first-order chi connectivity index (χ1) is 8.88. The van der Waals surface area contributed by atoms with Gasteiger partial charge in [0, 0.05) is 30.7 Å². The van der Waals surface area contributed by atoms with Crippen LogP contribution in [0.5, 0.6) is 0 Å². The third-order valence-electron chi connectivity index (χ3n) is 2.79. The number of aromatic nitrogens is 2. The van der Waals surface area contributed by atoms with E-state index in [4.69, 9.17) is 5.73 Å². The molecule has 2 aromatic rings. The van der Waals surface area contributed by atoms with Gasteiger partial charge in [-0.2, -0.15) is 0 Å². The van der Waals surface area contributed by atoms with Crippen LogP contribution >= 0.6 is 0 Å². The second kappa shape index (κ2) is 4.85. The molecule has 19 heavy (non-hydrogen) atoms. The van der Waals surface area contributed by atoms with Gasteiger partial charge in [0.15, 0.2) is 0 Å². The summed E-state index contributed by atoms with van der Waals surface area (Å²) in [5.41, 5.74) is 6.51. The summed E-state index contributed by atoms with van der Waals surface area (Å²) >= 11 is 0. The number of benzene rings is 1. The van der Waals surface area contributed by atoms with Gasteiger partial charge in [-0.05, 0) is 26.0 Å². The minimum absolute atomic E-state index is 0.218.